The summed E-state index contributed by atoms with van der Waals surface area (Å²) in [7, 11) is 0. The Labute approximate surface area is 148 Å². The van der Waals surface area contributed by atoms with E-state index in [0.29, 0.717) is 6.07 Å². The van der Waals surface area contributed by atoms with Crippen LogP contribution < -0.4 is 5.32 Å². The lowest BCUT2D eigenvalue weighted by Gasteiger charge is -2.14. The van der Waals surface area contributed by atoms with Gasteiger partial charge in [0.05, 0.1) is 34.1 Å². The molecule has 1 aromatic carbocycles. The monoisotopic (exact) mass is 418 g/mol. The normalized spacial score (nSPS) is 12.5. The van der Waals surface area contributed by atoms with Gasteiger partial charge in [0.1, 0.15) is 0 Å². The van der Waals surface area contributed by atoms with E-state index in [1.807, 2.05) is 0 Å². The number of nitriles is 1. The molecule has 0 spiro atoms. The first kappa shape index (κ1) is 18.9. The van der Waals surface area contributed by atoms with Crippen LogP contribution in [0.1, 0.15) is 18.1 Å². The van der Waals surface area contributed by atoms with Gasteiger partial charge in [-0.1, -0.05) is 6.92 Å². The minimum absolute atomic E-state index is 0.0385. The lowest BCUT2D eigenvalue weighted by Crippen LogP contribution is -2.25. The van der Waals surface area contributed by atoms with Crippen molar-refractivity contribution in [3.8, 4) is 6.07 Å². The van der Waals surface area contributed by atoms with Crippen molar-refractivity contribution in [3.05, 3.63) is 45.9 Å². The highest BCUT2D eigenvalue weighted by atomic mass is 79.9. The minimum Gasteiger partial charge on any atom is -0.326 e. The fourth-order valence-electron chi connectivity index (χ4n) is 2.05. The smallest absolute Gasteiger partial charge is 0.326 e. The second-order valence-corrected chi connectivity index (χ2v) is 6.10. The Morgan fingerprint density at radius 1 is 1.48 bits per heavy atom. The zero-order valence-electron chi connectivity index (χ0n) is 12.7. The molecule has 0 aliphatic rings. The van der Waals surface area contributed by atoms with Gasteiger partial charge in [0, 0.05) is 11.9 Å². The molecule has 0 radical (unpaired) electrons. The van der Waals surface area contributed by atoms with Crippen molar-refractivity contribution in [2.45, 2.75) is 19.6 Å². The average molecular weight is 419 g/mol. The number of carbonyl (C=O) groups excluding carboxylic acids is 1. The number of halogens is 5. The van der Waals surface area contributed by atoms with Gasteiger partial charge in [-0.15, -0.1) is 5.10 Å². The molecule has 2 aromatic rings. The van der Waals surface area contributed by atoms with Gasteiger partial charge in [0.15, 0.2) is 0 Å². The Hall–Kier alpha value is -2.41. The van der Waals surface area contributed by atoms with Crippen LogP contribution in [-0.2, 0) is 17.5 Å². The second kappa shape index (κ2) is 7.23. The Balaban J connectivity index is 2.13. The molecule has 0 aliphatic heterocycles. The van der Waals surface area contributed by atoms with Crippen molar-refractivity contribution in [3.63, 3.8) is 0 Å². The van der Waals surface area contributed by atoms with Gasteiger partial charge < -0.3 is 5.32 Å². The van der Waals surface area contributed by atoms with Crippen LogP contribution in [0, 0.1) is 23.2 Å². The predicted molar refractivity (Wildman–Crippen MR) is 83.8 cm³/mol. The maximum atomic E-state index is 13.2. The quantitative estimate of drug-likeness (QED) is 0.764. The molecule has 132 valence electrons. The maximum absolute atomic E-state index is 13.2. The molecule has 0 saturated heterocycles. The van der Waals surface area contributed by atoms with Crippen molar-refractivity contribution in [1.29, 1.82) is 5.26 Å². The molecule has 1 N–H and O–H groups in total. The molecule has 1 amide bonds. The van der Waals surface area contributed by atoms with Gasteiger partial charge in [-0.25, -0.2) is 0 Å². The van der Waals surface area contributed by atoms with Gasteiger partial charge in [-0.05, 0) is 34.1 Å². The Bertz CT molecular complexity index is 822. The molecule has 0 aliphatic carbocycles. The summed E-state index contributed by atoms with van der Waals surface area (Å²) in [5, 5.41) is 14.6. The molecule has 1 unspecified atom stereocenters. The summed E-state index contributed by atoms with van der Waals surface area (Å²) in [6.07, 6.45) is -3.36. The molecule has 10 heteroatoms. The van der Waals surface area contributed by atoms with Crippen LogP contribution in [-0.4, -0.2) is 15.7 Å². The summed E-state index contributed by atoms with van der Waals surface area (Å²) >= 11 is 2.95. The topological polar surface area (TPSA) is 70.7 Å². The summed E-state index contributed by atoms with van der Waals surface area (Å²) in [5.74, 6) is -1.98. The second-order valence-electron chi connectivity index (χ2n) is 5.25. The van der Waals surface area contributed by atoms with E-state index >= 15 is 0 Å². The third-order valence-electron chi connectivity index (χ3n) is 3.30. The summed E-state index contributed by atoms with van der Waals surface area (Å²) in [4.78, 5) is 12.1. The van der Waals surface area contributed by atoms with Gasteiger partial charge in [-0.3, -0.25) is 9.48 Å². The molecule has 0 bridgehead atoms. The number of aromatic nitrogens is 2. The van der Waals surface area contributed by atoms with Crippen LogP contribution in [0.2, 0.25) is 0 Å². The first-order chi connectivity index (χ1) is 11.6. The predicted octanol–water partition coefficient (Wildman–Crippen LogP) is 3.95. The Kier molecular flexibility index (Phi) is 5.47. The van der Waals surface area contributed by atoms with E-state index in [1.54, 1.807) is 0 Å². The third-order valence-corrected chi connectivity index (χ3v) is 3.83. The van der Waals surface area contributed by atoms with Crippen LogP contribution in [0.25, 0.3) is 0 Å². The number of rotatable bonds is 4. The molecule has 25 heavy (non-hydrogen) atoms. The number of benzene rings is 1. The van der Waals surface area contributed by atoms with E-state index in [0.717, 1.165) is 6.07 Å². The summed E-state index contributed by atoms with van der Waals surface area (Å²) < 4.78 is 53.3. The number of hydrogen-bond donors (Lipinski definition) is 1. The molecule has 1 heterocycles. The number of anilines is 1. The molecular formula is C15H11BrF4N4O. The van der Waals surface area contributed by atoms with E-state index in [4.69, 9.17) is 5.26 Å². The highest BCUT2D eigenvalue weighted by Crippen LogP contribution is 2.33. The van der Waals surface area contributed by atoms with E-state index in [2.05, 4.69) is 26.3 Å². The fraction of sp³-hybridized carbons (Fsp3) is 0.267. The van der Waals surface area contributed by atoms with Crippen LogP contribution in [0.3, 0.4) is 0 Å². The Morgan fingerprint density at radius 3 is 2.68 bits per heavy atom. The molecule has 1 atom stereocenters. The number of nitrogens with zero attached hydrogens (tertiary/aromatic N) is 3. The van der Waals surface area contributed by atoms with Crippen LogP contribution in [0.5, 0.6) is 0 Å². The van der Waals surface area contributed by atoms with Gasteiger partial charge in [-0.2, -0.15) is 22.8 Å². The molecule has 1 aromatic heterocycles. The van der Waals surface area contributed by atoms with Crippen LogP contribution >= 0.6 is 15.9 Å². The average Bonchev–Trinajstić information content (AvgIpc) is 2.84. The number of alkyl halides is 3. The van der Waals surface area contributed by atoms with Crippen LogP contribution in [0.4, 0.5) is 23.2 Å². The molecular weight excluding hydrogens is 408 g/mol. The standard InChI is InChI=1S/C15H11BrF4N4O/c1-8(6-24-7-12(16)13(17)23-24)14(25)22-10-3-2-9(5-21)11(4-10)15(18,19)20/h2-4,7-8H,6H2,1H3,(H,22,25). The van der Waals surface area contributed by atoms with Gasteiger partial charge in [0.2, 0.25) is 11.9 Å². The van der Waals surface area contributed by atoms with E-state index < -0.39 is 35.1 Å². The zero-order valence-corrected chi connectivity index (χ0v) is 14.3. The lowest BCUT2D eigenvalue weighted by molar-refractivity contribution is -0.137. The minimum atomic E-state index is -4.71. The fourth-order valence-corrected chi connectivity index (χ4v) is 2.37. The Morgan fingerprint density at radius 2 is 2.16 bits per heavy atom. The van der Waals surface area contributed by atoms with Crippen LogP contribution in [0.15, 0.2) is 28.9 Å². The lowest BCUT2D eigenvalue weighted by atomic mass is 10.1. The number of amides is 1. The summed E-state index contributed by atoms with van der Waals surface area (Å²) in [6.45, 7) is 1.56. The summed E-state index contributed by atoms with van der Waals surface area (Å²) in [6, 6.07) is 4.36. The molecule has 0 saturated carbocycles. The summed E-state index contributed by atoms with van der Waals surface area (Å²) in [5.41, 5.74) is -1.75. The van der Waals surface area contributed by atoms with E-state index in [9.17, 15) is 22.4 Å². The first-order valence-electron chi connectivity index (χ1n) is 6.92. The number of hydrogen-bond acceptors (Lipinski definition) is 3. The van der Waals surface area contributed by atoms with Crippen molar-refractivity contribution < 1.29 is 22.4 Å². The van der Waals surface area contributed by atoms with Gasteiger partial charge >= 0.3 is 6.18 Å². The third kappa shape index (κ3) is 4.57. The first-order valence-corrected chi connectivity index (χ1v) is 7.71. The molecule has 5 nitrogen and oxygen atoms in total. The zero-order chi connectivity index (χ0) is 18.8. The maximum Gasteiger partial charge on any atom is 0.417 e. The van der Waals surface area contributed by atoms with Crippen molar-refractivity contribution in [2.24, 2.45) is 5.92 Å². The number of carbonyl (C=O) groups is 1. The number of nitrogens with one attached hydrogen (secondary N) is 1. The highest BCUT2D eigenvalue weighted by molar-refractivity contribution is 9.10. The SMILES string of the molecule is CC(Cn1cc(Br)c(F)n1)C(=O)Nc1ccc(C#N)c(C(F)(F)F)c1. The van der Waals surface area contributed by atoms with Crippen molar-refractivity contribution >= 4 is 27.5 Å². The van der Waals surface area contributed by atoms with Gasteiger partial charge in [0.25, 0.3) is 0 Å². The largest absolute Gasteiger partial charge is 0.417 e. The van der Waals surface area contributed by atoms with Crippen molar-refractivity contribution in [2.75, 3.05) is 5.32 Å². The highest BCUT2D eigenvalue weighted by Gasteiger charge is 2.34. The molecule has 2 rings (SSSR count). The van der Waals surface area contributed by atoms with E-state index in [-0.39, 0.29) is 16.7 Å². The molecule has 0 fully saturated rings. The van der Waals surface area contributed by atoms with Crippen molar-refractivity contribution in [1.82, 2.24) is 9.78 Å². The van der Waals surface area contributed by atoms with E-state index in [1.165, 1.54) is 29.9 Å².